The van der Waals surface area contributed by atoms with Crippen molar-refractivity contribution in [2.75, 3.05) is 38.2 Å². The summed E-state index contributed by atoms with van der Waals surface area (Å²) < 4.78 is 32.5. The molecule has 1 amide bonds. The lowest BCUT2D eigenvalue weighted by Gasteiger charge is -2.32. The Balaban J connectivity index is 1.78. The summed E-state index contributed by atoms with van der Waals surface area (Å²) in [4.78, 5) is 14.7. The second kappa shape index (κ2) is 9.49. The topological polar surface area (TPSA) is 87.2 Å². The number of carbonyl (C=O) groups is 1. The Labute approximate surface area is 177 Å². The van der Waals surface area contributed by atoms with E-state index in [-0.39, 0.29) is 17.4 Å². The Morgan fingerprint density at radius 1 is 1.20 bits per heavy atom. The fraction of sp³-hybridized carbons (Fsp3) is 0.409. The van der Waals surface area contributed by atoms with Crippen molar-refractivity contribution in [1.29, 1.82) is 0 Å². The first-order chi connectivity index (χ1) is 14.4. The van der Waals surface area contributed by atoms with Gasteiger partial charge in [-0.3, -0.25) is 9.10 Å². The van der Waals surface area contributed by atoms with E-state index in [1.54, 1.807) is 41.3 Å². The number of piperidine rings is 1. The third kappa shape index (κ3) is 4.60. The van der Waals surface area contributed by atoms with E-state index in [4.69, 9.17) is 9.84 Å². The number of rotatable bonds is 7. The number of methoxy groups -OCH3 is 1. The van der Waals surface area contributed by atoms with Crippen LogP contribution in [0.15, 0.2) is 53.4 Å². The highest BCUT2D eigenvalue weighted by molar-refractivity contribution is 7.92. The number of aliphatic hydroxyl groups is 1. The van der Waals surface area contributed by atoms with Crippen LogP contribution in [-0.4, -0.2) is 58.2 Å². The maximum absolute atomic E-state index is 13.0. The SMILES string of the molecule is COc1ccccc1N(C)S(=O)(=O)c1ccc(C(=O)N2CCCC(CCO)C2)cc1. The maximum Gasteiger partial charge on any atom is 0.264 e. The van der Waals surface area contributed by atoms with Crippen molar-refractivity contribution in [2.24, 2.45) is 5.92 Å². The summed E-state index contributed by atoms with van der Waals surface area (Å²) in [6, 6.07) is 12.9. The first-order valence-corrected chi connectivity index (χ1v) is 11.4. The minimum atomic E-state index is -3.81. The molecule has 3 rings (SSSR count). The van der Waals surface area contributed by atoms with Crippen LogP contribution in [-0.2, 0) is 10.0 Å². The van der Waals surface area contributed by atoms with Gasteiger partial charge in [0.05, 0.1) is 17.7 Å². The van der Waals surface area contributed by atoms with E-state index in [0.29, 0.717) is 42.4 Å². The fourth-order valence-electron chi connectivity index (χ4n) is 3.80. The van der Waals surface area contributed by atoms with Gasteiger partial charge < -0.3 is 14.7 Å². The second-order valence-electron chi connectivity index (χ2n) is 7.44. The summed E-state index contributed by atoms with van der Waals surface area (Å²) in [5.74, 6) is 0.652. The van der Waals surface area contributed by atoms with Crippen LogP contribution in [0.1, 0.15) is 29.6 Å². The van der Waals surface area contributed by atoms with Crippen LogP contribution >= 0.6 is 0 Å². The van der Waals surface area contributed by atoms with Crippen molar-refractivity contribution in [3.63, 3.8) is 0 Å². The van der Waals surface area contributed by atoms with E-state index in [0.717, 1.165) is 12.8 Å². The Hall–Kier alpha value is -2.58. The van der Waals surface area contributed by atoms with E-state index >= 15 is 0 Å². The van der Waals surface area contributed by atoms with Crippen molar-refractivity contribution in [3.8, 4) is 5.75 Å². The number of ether oxygens (including phenoxy) is 1. The third-order valence-corrected chi connectivity index (χ3v) is 7.31. The number of hydrogen-bond donors (Lipinski definition) is 1. The van der Waals surface area contributed by atoms with Gasteiger partial charge in [0.1, 0.15) is 5.75 Å². The average molecular weight is 433 g/mol. The summed E-state index contributed by atoms with van der Waals surface area (Å²) in [7, 11) is -0.842. The number of carbonyl (C=O) groups excluding carboxylic acids is 1. The van der Waals surface area contributed by atoms with Gasteiger partial charge in [0, 0.05) is 32.3 Å². The van der Waals surface area contributed by atoms with Crippen LogP contribution in [0.4, 0.5) is 5.69 Å². The lowest BCUT2D eigenvalue weighted by molar-refractivity contribution is 0.0653. The maximum atomic E-state index is 13.0. The molecule has 1 heterocycles. The zero-order valence-electron chi connectivity index (χ0n) is 17.3. The molecule has 1 atom stereocenters. The van der Waals surface area contributed by atoms with Crippen LogP contribution in [0, 0.1) is 5.92 Å². The Morgan fingerprint density at radius 2 is 1.90 bits per heavy atom. The third-order valence-electron chi connectivity index (χ3n) is 5.53. The molecule has 2 aromatic carbocycles. The molecule has 7 nitrogen and oxygen atoms in total. The van der Waals surface area contributed by atoms with Crippen LogP contribution in [0.25, 0.3) is 0 Å². The predicted octanol–water partition coefficient (Wildman–Crippen LogP) is 2.75. The smallest absolute Gasteiger partial charge is 0.264 e. The van der Waals surface area contributed by atoms with E-state index in [1.165, 1.54) is 30.6 Å². The largest absolute Gasteiger partial charge is 0.495 e. The van der Waals surface area contributed by atoms with Gasteiger partial charge in [0.2, 0.25) is 0 Å². The Bertz CT molecular complexity index is 973. The van der Waals surface area contributed by atoms with Gasteiger partial charge in [-0.05, 0) is 61.6 Å². The van der Waals surface area contributed by atoms with Gasteiger partial charge in [-0.15, -0.1) is 0 Å². The van der Waals surface area contributed by atoms with Crippen LogP contribution < -0.4 is 9.04 Å². The van der Waals surface area contributed by atoms with Crippen molar-refractivity contribution in [3.05, 3.63) is 54.1 Å². The lowest BCUT2D eigenvalue weighted by atomic mass is 9.94. The number of amides is 1. The van der Waals surface area contributed by atoms with Gasteiger partial charge >= 0.3 is 0 Å². The number of anilines is 1. The highest BCUT2D eigenvalue weighted by atomic mass is 32.2. The molecule has 1 aliphatic rings. The molecule has 30 heavy (non-hydrogen) atoms. The van der Waals surface area contributed by atoms with Gasteiger partial charge in [-0.2, -0.15) is 0 Å². The molecule has 1 unspecified atom stereocenters. The number of benzene rings is 2. The van der Waals surface area contributed by atoms with E-state index < -0.39 is 10.0 Å². The number of sulfonamides is 1. The molecule has 0 aliphatic carbocycles. The monoisotopic (exact) mass is 432 g/mol. The lowest BCUT2D eigenvalue weighted by Crippen LogP contribution is -2.40. The highest BCUT2D eigenvalue weighted by Gasteiger charge is 2.26. The normalized spacial score (nSPS) is 16.9. The van der Waals surface area contributed by atoms with Gasteiger partial charge in [0.15, 0.2) is 0 Å². The molecule has 1 fully saturated rings. The van der Waals surface area contributed by atoms with Crippen molar-refractivity contribution >= 4 is 21.6 Å². The Kier molecular flexibility index (Phi) is 6.99. The first-order valence-electron chi connectivity index (χ1n) is 10.0. The predicted molar refractivity (Wildman–Crippen MR) is 115 cm³/mol. The zero-order chi connectivity index (χ0) is 21.7. The summed E-state index contributed by atoms with van der Waals surface area (Å²) in [6.45, 7) is 1.42. The number of para-hydroxylation sites is 2. The number of aliphatic hydroxyl groups excluding tert-OH is 1. The van der Waals surface area contributed by atoms with Crippen molar-refractivity contribution < 1.29 is 23.1 Å². The quantitative estimate of drug-likeness (QED) is 0.727. The molecule has 0 saturated carbocycles. The summed E-state index contributed by atoms with van der Waals surface area (Å²) in [5.41, 5.74) is 0.891. The van der Waals surface area contributed by atoms with Crippen LogP contribution in [0.2, 0.25) is 0 Å². The molecule has 0 aromatic heterocycles. The molecule has 0 bridgehead atoms. The molecule has 1 N–H and O–H groups in total. The summed E-state index contributed by atoms with van der Waals surface area (Å²) >= 11 is 0. The van der Waals surface area contributed by atoms with Gasteiger partial charge in [-0.25, -0.2) is 8.42 Å². The zero-order valence-corrected chi connectivity index (χ0v) is 18.1. The van der Waals surface area contributed by atoms with E-state index in [9.17, 15) is 13.2 Å². The highest BCUT2D eigenvalue weighted by Crippen LogP contribution is 2.31. The van der Waals surface area contributed by atoms with Crippen molar-refractivity contribution in [2.45, 2.75) is 24.2 Å². The molecule has 8 heteroatoms. The summed E-state index contributed by atoms with van der Waals surface area (Å²) in [5, 5.41) is 9.16. The number of hydrogen-bond acceptors (Lipinski definition) is 5. The summed E-state index contributed by atoms with van der Waals surface area (Å²) in [6.07, 6.45) is 2.61. The molecular weight excluding hydrogens is 404 g/mol. The van der Waals surface area contributed by atoms with Crippen molar-refractivity contribution in [1.82, 2.24) is 4.90 Å². The minimum Gasteiger partial charge on any atom is -0.495 e. The second-order valence-corrected chi connectivity index (χ2v) is 9.41. The number of likely N-dealkylation sites (tertiary alicyclic amines) is 1. The molecule has 0 spiro atoms. The average Bonchev–Trinajstić information content (AvgIpc) is 2.78. The molecule has 162 valence electrons. The molecular formula is C22H28N2O5S. The van der Waals surface area contributed by atoms with Crippen LogP contribution in [0.3, 0.4) is 0 Å². The van der Waals surface area contributed by atoms with Crippen LogP contribution in [0.5, 0.6) is 5.75 Å². The first kappa shape index (κ1) is 22.1. The fourth-order valence-corrected chi connectivity index (χ4v) is 5.00. The van der Waals surface area contributed by atoms with Gasteiger partial charge in [0.25, 0.3) is 15.9 Å². The van der Waals surface area contributed by atoms with Gasteiger partial charge in [-0.1, -0.05) is 12.1 Å². The van der Waals surface area contributed by atoms with E-state index in [2.05, 4.69) is 0 Å². The molecule has 1 aliphatic heterocycles. The molecule has 0 radical (unpaired) electrons. The standard InChI is InChI=1S/C22H28N2O5S/c1-23(20-7-3-4-8-21(20)29-2)30(27,28)19-11-9-18(10-12-19)22(26)24-14-5-6-17(16-24)13-15-25/h3-4,7-12,17,25H,5-6,13-16H2,1-2H3. The van der Waals surface area contributed by atoms with E-state index in [1.807, 2.05) is 0 Å². The minimum absolute atomic E-state index is 0.101. The molecule has 1 saturated heterocycles. The Morgan fingerprint density at radius 3 is 2.57 bits per heavy atom. The number of nitrogens with zero attached hydrogens (tertiary/aromatic N) is 2. The molecule has 2 aromatic rings.